The Kier molecular flexibility index (Phi) is 11.6. The monoisotopic (exact) mass is 698 g/mol. The van der Waals surface area contributed by atoms with Crippen LogP contribution in [0.4, 0.5) is 0 Å². The van der Waals surface area contributed by atoms with Gasteiger partial charge in [-0.1, -0.05) is 106 Å². The van der Waals surface area contributed by atoms with Crippen LogP contribution in [0.2, 0.25) is 0 Å². The lowest BCUT2D eigenvalue weighted by atomic mass is 9.74. The zero-order chi connectivity index (χ0) is 36.2. The lowest BCUT2D eigenvalue weighted by Crippen LogP contribution is -2.13. The molecule has 0 spiro atoms. The fourth-order valence-corrected chi connectivity index (χ4v) is 10.5. The summed E-state index contributed by atoms with van der Waals surface area (Å²) in [6, 6.07) is 24.3. The maximum atomic E-state index is 11.4. The number of rotatable bonds is 10. The molecule has 0 saturated heterocycles. The van der Waals surface area contributed by atoms with Crippen LogP contribution in [-0.2, 0) is 0 Å². The van der Waals surface area contributed by atoms with Crippen molar-refractivity contribution in [3.8, 4) is 17.2 Å². The Hall–Kier alpha value is -3.72. The molecule has 0 amide bonds. The third-order valence-electron chi connectivity index (χ3n) is 13.5. The molecule has 0 bridgehead atoms. The maximum Gasteiger partial charge on any atom is 0.119 e. The fraction of sp³-hybridized carbons (Fsp3) is 0.510. The highest BCUT2D eigenvalue weighted by Crippen LogP contribution is 2.47. The van der Waals surface area contributed by atoms with Crippen molar-refractivity contribution in [1.29, 1.82) is 0 Å². The molecule has 3 nitrogen and oxygen atoms in total. The molecule has 0 radical (unpaired) electrons. The molecule has 0 aliphatic heterocycles. The van der Waals surface area contributed by atoms with Crippen molar-refractivity contribution in [3.63, 3.8) is 0 Å². The molecule has 3 fully saturated rings. The minimum Gasteiger partial charge on any atom is -0.508 e. The Morgan fingerprint density at radius 3 is 1.13 bits per heavy atom. The average Bonchev–Trinajstić information content (AvgIpc) is 3.16. The van der Waals surface area contributed by atoms with E-state index in [0.717, 1.165) is 84.7 Å². The molecule has 1 unspecified atom stereocenters. The highest BCUT2D eigenvalue weighted by Gasteiger charge is 2.29. The lowest BCUT2D eigenvalue weighted by Gasteiger charge is -2.30. The van der Waals surface area contributed by atoms with Crippen molar-refractivity contribution in [2.45, 2.75) is 160 Å². The Bertz CT molecular complexity index is 1730. The standard InChI is InChI=1S/C49H62O3/c1-32-26-47(50)44(36-18-10-5-11-19-36)29-41(32)39(35-16-8-4-9-17-35)24-25-40(42-30-45(48(51)27-33(42)2)37-20-12-6-13-21-37)43-31-46(49(52)28-34(43)3)38-22-14-7-15-23-38/h4,8-9,16-17,26-31,36-40,50-52H,5-7,10-15,18-25H2,1-3H3. The van der Waals surface area contributed by atoms with E-state index in [0.29, 0.717) is 35.0 Å². The zero-order valence-corrected chi connectivity index (χ0v) is 32.1. The van der Waals surface area contributed by atoms with Gasteiger partial charge in [-0.05, 0) is 164 Å². The molecule has 52 heavy (non-hydrogen) atoms. The smallest absolute Gasteiger partial charge is 0.119 e. The second-order valence-corrected chi connectivity index (χ2v) is 16.9. The SMILES string of the molecule is Cc1cc(O)c(C2CCCCC2)cc1C(CCC(c1cc(C2CCCCC2)c(O)cc1C)c1cc(C2CCCCC2)c(O)cc1C)c1ccccc1. The van der Waals surface area contributed by atoms with E-state index in [1.165, 1.54) is 80.0 Å². The van der Waals surface area contributed by atoms with E-state index in [1.807, 2.05) is 18.2 Å². The van der Waals surface area contributed by atoms with Crippen LogP contribution < -0.4 is 0 Å². The van der Waals surface area contributed by atoms with Crippen LogP contribution in [0, 0.1) is 20.8 Å². The lowest BCUT2D eigenvalue weighted by molar-refractivity contribution is 0.412. The molecule has 1 atom stereocenters. The van der Waals surface area contributed by atoms with Crippen LogP contribution in [0.1, 0.15) is 194 Å². The topological polar surface area (TPSA) is 60.7 Å². The van der Waals surface area contributed by atoms with E-state index in [9.17, 15) is 15.3 Å². The minimum atomic E-state index is 0.118. The maximum absolute atomic E-state index is 11.4. The third-order valence-corrected chi connectivity index (χ3v) is 13.5. The number of aryl methyl sites for hydroxylation is 3. The van der Waals surface area contributed by atoms with E-state index in [1.54, 1.807) is 0 Å². The van der Waals surface area contributed by atoms with Crippen molar-refractivity contribution in [2.24, 2.45) is 0 Å². The summed E-state index contributed by atoms with van der Waals surface area (Å²) >= 11 is 0. The quantitative estimate of drug-likeness (QED) is 0.154. The molecule has 4 aromatic carbocycles. The number of aromatic hydroxyl groups is 3. The van der Waals surface area contributed by atoms with E-state index in [2.05, 4.69) is 69.3 Å². The molecular formula is C49H62O3. The Labute approximate surface area is 313 Å². The van der Waals surface area contributed by atoms with Gasteiger partial charge in [0, 0.05) is 11.8 Å². The Morgan fingerprint density at radius 1 is 0.442 bits per heavy atom. The normalized spacial score (nSPS) is 18.5. The van der Waals surface area contributed by atoms with Crippen molar-refractivity contribution in [3.05, 3.63) is 122 Å². The summed E-state index contributed by atoms with van der Waals surface area (Å²) in [7, 11) is 0. The molecule has 276 valence electrons. The second kappa shape index (κ2) is 16.5. The predicted molar refractivity (Wildman–Crippen MR) is 215 cm³/mol. The molecule has 7 rings (SSSR count). The molecule has 3 aliphatic rings. The largest absolute Gasteiger partial charge is 0.508 e. The summed E-state index contributed by atoms with van der Waals surface area (Å²) in [5.41, 5.74) is 12.1. The van der Waals surface area contributed by atoms with Crippen molar-refractivity contribution >= 4 is 0 Å². The average molecular weight is 699 g/mol. The van der Waals surface area contributed by atoms with E-state index >= 15 is 0 Å². The van der Waals surface area contributed by atoms with Gasteiger partial charge >= 0.3 is 0 Å². The Morgan fingerprint density at radius 2 is 0.769 bits per heavy atom. The third kappa shape index (κ3) is 7.95. The summed E-state index contributed by atoms with van der Waals surface area (Å²) in [5.74, 6) is 2.90. The van der Waals surface area contributed by atoms with E-state index < -0.39 is 0 Å². The van der Waals surface area contributed by atoms with Gasteiger partial charge in [0.15, 0.2) is 0 Å². The molecule has 4 aromatic rings. The highest BCUT2D eigenvalue weighted by molar-refractivity contribution is 5.53. The first kappa shape index (κ1) is 36.6. The van der Waals surface area contributed by atoms with Gasteiger partial charge in [0.05, 0.1) is 0 Å². The number of benzene rings is 4. The molecule has 3 N–H and O–H groups in total. The molecular weight excluding hydrogens is 637 g/mol. The van der Waals surface area contributed by atoms with Crippen LogP contribution >= 0.6 is 0 Å². The fourth-order valence-electron chi connectivity index (χ4n) is 10.5. The van der Waals surface area contributed by atoms with E-state index in [-0.39, 0.29) is 11.8 Å². The number of hydrogen-bond acceptors (Lipinski definition) is 3. The van der Waals surface area contributed by atoms with Crippen LogP contribution in [0.25, 0.3) is 0 Å². The number of hydrogen-bond donors (Lipinski definition) is 3. The first-order valence-corrected chi connectivity index (χ1v) is 20.8. The van der Waals surface area contributed by atoms with Crippen molar-refractivity contribution < 1.29 is 15.3 Å². The van der Waals surface area contributed by atoms with Crippen LogP contribution in [0.3, 0.4) is 0 Å². The first-order valence-electron chi connectivity index (χ1n) is 20.8. The molecule has 3 heteroatoms. The van der Waals surface area contributed by atoms with Crippen LogP contribution in [-0.4, -0.2) is 15.3 Å². The summed E-state index contributed by atoms with van der Waals surface area (Å²) in [5, 5.41) is 34.0. The summed E-state index contributed by atoms with van der Waals surface area (Å²) in [6.07, 6.45) is 20.0. The van der Waals surface area contributed by atoms with E-state index in [4.69, 9.17) is 0 Å². The van der Waals surface area contributed by atoms with Gasteiger partial charge in [0.1, 0.15) is 17.2 Å². The predicted octanol–water partition coefficient (Wildman–Crippen LogP) is 13.6. The zero-order valence-electron chi connectivity index (χ0n) is 32.1. The molecule has 3 saturated carbocycles. The van der Waals surface area contributed by atoms with Gasteiger partial charge < -0.3 is 15.3 Å². The van der Waals surface area contributed by atoms with Gasteiger partial charge in [0.25, 0.3) is 0 Å². The first-order chi connectivity index (χ1) is 25.3. The highest BCUT2D eigenvalue weighted by atomic mass is 16.3. The number of phenolic OH excluding ortho intramolecular Hbond substituents is 3. The Balaban J connectivity index is 1.33. The van der Waals surface area contributed by atoms with Crippen molar-refractivity contribution in [2.75, 3.05) is 0 Å². The summed E-state index contributed by atoms with van der Waals surface area (Å²) < 4.78 is 0. The van der Waals surface area contributed by atoms with Gasteiger partial charge in [0.2, 0.25) is 0 Å². The van der Waals surface area contributed by atoms with Gasteiger partial charge in [-0.3, -0.25) is 0 Å². The molecule has 0 aromatic heterocycles. The summed E-state index contributed by atoms with van der Waals surface area (Å²) in [4.78, 5) is 0. The van der Waals surface area contributed by atoms with Crippen LogP contribution in [0.15, 0.2) is 66.7 Å². The van der Waals surface area contributed by atoms with Gasteiger partial charge in [-0.15, -0.1) is 0 Å². The minimum absolute atomic E-state index is 0.118. The van der Waals surface area contributed by atoms with Crippen LogP contribution in [0.5, 0.6) is 17.2 Å². The van der Waals surface area contributed by atoms with Gasteiger partial charge in [-0.2, -0.15) is 0 Å². The molecule has 0 heterocycles. The molecule has 3 aliphatic carbocycles. The van der Waals surface area contributed by atoms with Gasteiger partial charge in [-0.25, -0.2) is 0 Å². The second-order valence-electron chi connectivity index (χ2n) is 16.9. The summed E-state index contributed by atoms with van der Waals surface area (Å²) in [6.45, 7) is 6.54. The van der Waals surface area contributed by atoms with Crippen molar-refractivity contribution in [1.82, 2.24) is 0 Å². The number of phenols is 3.